The van der Waals surface area contributed by atoms with Gasteiger partial charge in [-0.2, -0.15) is 5.10 Å². The molecule has 6 heteroatoms. The average Bonchev–Trinajstić information content (AvgIpc) is 2.42. The molecule has 4 N–H and O–H groups in total. The summed E-state index contributed by atoms with van der Waals surface area (Å²) in [6.07, 6.45) is 4.08. The average molecular weight is 304 g/mol. The first-order valence-corrected chi connectivity index (χ1v) is 7.17. The van der Waals surface area contributed by atoms with Crippen molar-refractivity contribution in [3.8, 4) is 11.5 Å². The zero-order valence-electron chi connectivity index (χ0n) is 13.4. The van der Waals surface area contributed by atoms with Crippen LogP contribution in [0.2, 0.25) is 0 Å². The molecule has 0 amide bonds. The molecule has 1 aromatic rings. The molecule has 0 aliphatic carbocycles. The van der Waals surface area contributed by atoms with E-state index in [4.69, 9.17) is 20.9 Å². The van der Waals surface area contributed by atoms with Crippen LogP contribution in [0.1, 0.15) is 31.9 Å². The lowest BCUT2D eigenvalue weighted by Crippen LogP contribution is -2.21. The van der Waals surface area contributed by atoms with Crippen molar-refractivity contribution in [1.29, 1.82) is 0 Å². The van der Waals surface area contributed by atoms with Gasteiger partial charge in [-0.05, 0) is 44.9 Å². The van der Waals surface area contributed by atoms with Crippen LogP contribution in [0.15, 0.2) is 35.0 Å². The number of rotatable bonds is 8. The van der Waals surface area contributed by atoms with Gasteiger partial charge in [0.2, 0.25) is 5.96 Å². The van der Waals surface area contributed by atoms with Crippen molar-refractivity contribution in [2.45, 2.75) is 33.3 Å². The second kappa shape index (κ2) is 8.71. The smallest absolute Gasteiger partial charge is 0.211 e. The van der Waals surface area contributed by atoms with Crippen LogP contribution in [-0.4, -0.2) is 24.9 Å². The van der Waals surface area contributed by atoms with Gasteiger partial charge in [0, 0.05) is 5.56 Å². The van der Waals surface area contributed by atoms with Gasteiger partial charge in [0.15, 0.2) is 11.5 Å². The predicted octanol–water partition coefficient (Wildman–Crippen LogP) is 2.21. The monoisotopic (exact) mass is 304 g/mol. The Morgan fingerprint density at radius 3 is 2.64 bits per heavy atom. The van der Waals surface area contributed by atoms with Gasteiger partial charge < -0.3 is 20.9 Å². The molecule has 0 bridgehead atoms. The molecule has 22 heavy (non-hydrogen) atoms. The van der Waals surface area contributed by atoms with E-state index in [0.717, 1.165) is 16.9 Å². The van der Waals surface area contributed by atoms with Gasteiger partial charge >= 0.3 is 0 Å². The predicted molar refractivity (Wildman–Crippen MR) is 90.7 cm³/mol. The summed E-state index contributed by atoms with van der Waals surface area (Å²) in [5.41, 5.74) is 12.3. The van der Waals surface area contributed by atoms with Gasteiger partial charge in [0.25, 0.3) is 0 Å². The highest BCUT2D eigenvalue weighted by molar-refractivity contribution is 5.83. The summed E-state index contributed by atoms with van der Waals surface area (Å²) < 4.78 is 11.6. The fourth-order valence-electron chi connectivity index (χ4n) is 1.86. The summed E-state index contributed by atoms with van der Waals surface area (Å²) in [4.78, 5) is 0. The molecule has 120 valence electrons. The summed E-state index contributed by atoms with van der Waals surface area (Å²) in [5.74, 6) is 1.31. The van der Waals surface area contributed by atoms with Crippen molar-refractivity contribution in [3.63, 3.8) is 0 Å². The highest BCUT2D eigenvalue weighted by atomic mass is 16.5. The number of guanidine groups is 1. The number of allylic oxidation sites excluding steroid dienone is 1. The highest BCUT2D eigenvalue weighted by Crippen LogP contribution is 2.34. The SMILES string of the molecule is C=CCc1cc(C=NN=C(N)N)cc(OCC)c1OC(C)C. The number of hydrogen-bond acceptors (Lipinski definition) is 4. The van der Waals surface area contributed by atoms with Crippen LogP contribution in [-0.2, 0) is 6.42 Å². The Labute approximate surface area is 131 Å². The second-order valence-corrected chi connectivity index (χ2v) is 4.87. The molecule has 0 radical (unpaired) electrons. The lowest BCUT2D eigenvalue weighted by molar-refractivity contribution is 0.222. The molecule has 0 atom stereocenters. The van der Waals surface area contributed by atoms with Crippen molar-refractivity contribution < 1.29 is 9.47 Å². The maximum Gasteiger partial charge on any atom is 0.211 e. The van der Waals surface area contributed by atoms with E-state index in [1.807, 2.05) is 39.0 Å². The Bertz CT molecular complexity index is 562. The van der Waals surface area contributed by atoms with Crippen LogP contribution in [0.3, 0.4) is 0 Å². The van der Waals surface area contributed by atoms with Gasteiger partial charge in [0.05, 0.1) is 18.9 Å². The lowest BCUT2D eigenvalue weighted by Gasteiger charge is -2.18. The van der Waals surface area contributed by atoms with Crippen LogP contribution < -0.4 is 20.9 Å². The third kappa shape index (κ3) is 5.47. The third-order valence-corrected chi connectivity index (χ3v) is 2.55. The summed E-state index contributed by atoms with van der Waals surface area (Å²) >= 11 is 0. The van der Waals surface area contributed by atoms with Crippen molar-refractivity contribution >= 4 is 12.2 Å². The number of nitrogens with zero attached hydrogens (tertiary/aromatic N) is 2. The number of hydrogen-bond donors (Lipinski definition) is 2. The minimum atomic E-state index is -0.0904. The Kier molecular flexibility index (Phi) is 6.95. The largest absolute Gasteiger partial charge is 0.490 e. The van der Waals surface area contributed by atoms with E-state index in [1.54, 1.807) is 6.21 Å². The molecule has 0 heterocycles. The second-order valence-electron chi connectivity index (χ2n) is 4.87. The van der Waals surface area contributed by atoms with Crippen molar-refractivity contribution in [3.05, 3.63) is 35.9 Å². The lowest BCUT2D eigenvalue weighted by atomic mass is 10.1. The molecule has 0 aromatic heterocycles. The third-order valence-electron chi connectivity index (χ3n) is 2.55. The van der Waals surface area contributed by atoms with Crippen molar-refractivity contribution in [1.82, 2.24) is 0 Å². The fourth-order valence-corrected chi connectivity index (χ4v) is 1.86. The normalized spacial score (nSPS) is 10.7. The van der Waals surface area contributed by atoms with Crippen LogP contribution in [0, 0.1) is 0 Å². The molecule has 0 aliphatic heterocycles. The Balaban J connectivity index is 3.28. The first-order valence-electron chi connectivity index (χ1n) is 7.17. The quantitative estimate of drug-likeness (QED) is 0.333. The molecular weight excluding hydrogens is 280 g/mol. The zero-order valence-corrected chi connectivity index (χ0v) is 13.4. The molecule has 0 saturated heterocycles. The van der Waals surface area contributed by atoms with E-state index < -0.39 is 0 Å². The Morgan fingerprint density at radius 1 is 1.36 bits per heavy atom. The molecular formula is C16H24N4O2. The minimum absolute atomic E-state index is 0.0453. The molecule has 0 saturated carbocycles. The fraction of sp³-hybridized carbons (Fsp3) is 0.375. The summed E-state index contributed by atoms with van der Waals surface area (Å²) in [6.45, 7) is 10.2. The van der Waals surface area contributed by atoms with Crippen LogP contribution in [0.4, 0.5) is 0 Å². The molecule has 1 aromatic carbocycles. The maximum atomic E-state index is 5.89. The maximum absolute atomic E-state index is 5.89. The van der Waals surface area contributed by atoms with E-state index in [1.165, 1.54) is 0 Å². The molecule has 0 unspecified atom stereocenters. The number of ether oxygens (including phenoxy) is 2. The van der Waals surface area contributed by atoms with Gasteiger partial charge in [-0.3, -0.25) is 0 Å². The topological polar surface area (TPSA) is 95.2 Å². The van der Waals surface area contributed by atoms with E-state index in [2.05, 4.69) is 16.8 Å². The molecule has 0 fully saturated rings. The van der Waals surface area contributed by atoms with E-state index in [0.29, 0.717) is 18.8 Å². The van der Waals surface area contributed by atoms with Crippen molar-refractivity contribution in [2.75, 3.05) is 6.61 Å². The van der Waals surface area contributed by atoms with Gasteiger partial charge in [-0.25, -0.2) is 0 Å². The summed E-state index contributed by atoms with van der Waals surface area (Å²) in [5, 5.41) is 7.42. The van der Waals surface area contributed by atoms with E-state index in [9.17, 15) is 0 Å². The molecule has 0 spiro atoms. The number of benzene rings is 1. The van der Waals surface area contributed by atoms with Crippen LogP contribution in [0.25, 0.3) is 0 Å². The Hall–Kier alpha value is -2.50. The summed E-state index contributed by atoms with van der Waals surface area (Å²) in [7, 11) is 0. The summed E-state index contributed by atoms with van der Waals surface area (Å²) in [6, 6.07) is 3.80. The van der Waals surface area contributed by atoms with Crippen molar-refractivity contribution in [2.24, 2.45) is 21.7 Å². The van der Waals surface area contributed by atoms with Crippen LogP contribution >= 0.6 is 0 Å². The molecule has 1 rings (SSSR count). The minimum Gasteiger partial charge on any atom is -0.490 e. The van der Waals surface area contributed by atoms with Gasteiger partial charge in [-0.15, -0.1) is 11.7 Å². The van der Waals surface area contributed by atoms with Gasteiger partial charge in [-0.1, -0.05) is 6.08 Å². The molecule has 0 aliphatic rings. The molecule has 6 nitrogen and oxygen atoms in total. The Morgan fingerprint density at radius 2 is 2.09 bits per heavy atom. The first-order chi connectivity index (χ1) is 10.5. The van der Waals surface area contributed by atoms with Gasteiger partial charge in [0.1, 0.15) is 0 Å². The highest BCUT2D eigenvalue weighted by Gasteiger charge is 2.14. The standard InChI is InChI=1S/C16H24N4O2/c1-5-7-13-8-12(10-19-20-16(17)18)9-14(21-6-2)15(13)22-11(3)4/h5,8-11H,1,6-7H2,2-4H3,(H4,17,18,20). The number of nitrogens with two attached hydrogens (primary N) is 2. The zero-order chi connectivity index (χ0) is 16.5. The first kappa shape index (κ1) is 17.6. The van der Waals surface area contributed by atoms with E-state index >= 15 is 0 Å². The van der Waals surface area contributed by atoms with E-state index in [-0.39, 0.29) is 12.1 Å². The van der Waals surface area contributed by atoms with Crippen LogP contribution in [0.5, 0.6) is 11.5 Å².